The Morgan fingerprint density at radius 2 is 1.78 bits per heavy atom. The fraction of sp³-hybridized carbons (Fsp3) is 0.619. The van der Waals surface area contributed by atoms with Gasteiger partial charge in [-0.1, -0.05) is 31.4 Å². The van der Waals surface area contributed by atoms with Crippen molar-refractivity contribution in [3.05, 3.63) is 29.3 Å². The SMILES string of the molecule is O=C(Cc1ccc2c(c1)CCO2)N1CCN(C(=O)NC2CCCCC2)CC1. The Morgan fingerprint density at radius 3 is 2.56 bits per heavy atom. The van der Waals surface area contributed by atoms with Crippen LogP contribution in [0.2, 0.25) is 0 Å². The molecular weight excluding hydrogens is 342 g/mol. The van der Waals surface area contributed by atoms with Crippen molar-refractivity contribution in [2.24, 2.45) is 0 Å². The van der Waals surface area contributed by atoms with E-state index in [1.807, 2.05) is 21.9 Å². The second-order valence-corrected chi connectivity index (χ2v) is 7.87. The molecule has 0 aromatic heterocycles. The highest BCUT2D eigenvalue weighted by Crippen LogP contribution is 2.26. The molecule has 2 aliphatic heterocycles. The standard InChI is InChI=1S/C21H29N3O3/c25-20(15-16-6-7-19-17(14-16)8-13-27-19)23-9-11-24(12-10-23)21(26)22-18-4-2-1-3-5-18/h6-7,14,18H,1-5,8-13,15H2,(H,22,26). The quantitative estimate of drug-likeness (QED) is 0.887. The average molecular weight is 371 g/mol. The normalized spacial score (nSPS) is 20.1. The highest BCUT2D eigenvalue weighted by molar-refractivity contribution is 5.80. The van der Waals surface area contributed by atoms with Gasteiger partial charge in [-0.05, 0) is 30.0 Å². The average Bonchev–Trinajstić information content (AvgIpc) is 3.16. The number of fused-ring (bicyclic) bond motifs is 1. The predicted molar refractivity (Wildman–Crippen MR) is 103 cm³/mol. The van der Waals surface area contributed by atoms with Crippen LogP contribution >= 0.6 is 0 Å². The molecule has 2 fully saturated rings. The molecule has 0 radical (unpaired) electrons. The minimum Gasteiger partial charge on any atom is -0.493 e. The maximum absolute atomic E-state index is 12.6. The van der Waals surface area contributed by atoms with Gasteiger partial charge in [0.05, 0.1) is 13.0 Å². The summed E-state index contributed by atoms with van der Waals surface area (Å²) in [6.07, 6.45) is 7.23. The molecule has 0 bridgehead atoms. The maximum Gasteiger partial charge on any atom is 0.317 e. The van der Waals surface area contributed by atoms with Gasteiger partial charge in [-0.15, -0.1) is 0 Å². The number of carbonyl (C=O) groups excluding carboxylic acids is 2. The zero-order chi connectivity index (χ0) is 18.6. The molecule has 0 unspecified atom stereocenters. The van der Waals surface area contributed by atoms with Gasteiger partial charge in [0.1, 0.15) is 5.75 Å². The molecule has 1 N–H and O–H groups in total. The lowest BCUT2D eigenvalue weighted by Gasteiger charge is -2.36. The van der Waals surface area contributed by atoms with Crippen molar-refractivity contribution in [2.75, 3.05) is 32.8 Å². The topological polar surface area (TPSA) is 61.9 Å². The molecule has 2 heterocycles. The Kier molecular flexibility index (Phi) is 5.50. The van der Waals surface area contributed by atoms with E-state index in [4.69, 9.17) is 4.74 Å². The van der Waals surface area contributed by atoms with E-state index in [0.717, 1.165) is 37.2 Å². The van der Waals surface area contributed by atoms with Crippen molar-refractivity contribution in [3.63, 3.8) is 0 Å². The number of amides is 3. The second-order valence-electron chi connectivity index (χ2n) is 7.87. The van der Waals surface area contributed by atoms with Crippen LogP contribution in [0.1, 0.15) is 43.2 Å². The maximum atomic E-state index is 12.6. The first kappa shape index (κ1) is 18.1. The summed E-state index contributed by atoms with van der Waals surface area (Å²) in [5.41, 5.74) is 2.24. The fourth-order valence-corrected chi connectivity index (χ4v) is 4.31. The summed E-state index contributed by atoms with van der Waals surface area (Å²) in [6, 6.07) is 6.41. The van der Waals surface area contributed by atoms with Crippen molar-refractivity contribution >= 4 is 11.9 Å². The number of nitrogens with zero attached hydrogens (tertiary/aromatic N) is 2. The van der Waals surface area contributed by atoms with E-state index in [-0.39, 0.29) is 11.9 Å². The number of ether oxygens (including phenoxy) is 1. The third-order valence-corrected chi connectivity index (χ3v) is 5.96. The number of piperazine rings is 1. The Morgan fingerprint density at radius 1 is 1.04 bits per heavy atom. The van der Waals surface area contributed by atoms with Crippen molar-refractivity contribution in [3.8, 4) is 5.75 Å². The van der Waals surface area contributed by atoms with E-state index in [0.29, 0.717) is 38.6 Å². The molecule has 3 amide bonds. The van der Waals surface area contributed by atoms with E-state index in [2.05, 4.69) is 11.4 Å². The largest absolute Gasteiger partial charge is 0.493 e. The summed E-state index contributed by atoms with van der Waals surface area (Å²) in [4.78, 5) is 28.8. The number of nitrogens with one attached hydrogen (secondary N) is 1. The lowest BCUT2D eigenvalue weighted by atomic mass is 9.96. The number of carbonyl (C=O) groups is 2. The van der Waals surface area contributed by atoms with Crippen LogP contribution in [0.4, 0.5) is 4.79 Å². The van der Waals surface area contributed by atoms with E-state index in [1.165, 1.54) is 24.8 Å². The van der Waals surface area contributed by atoms with Crippen LogP contribution in [0.3, 0.4) is 0 Å². The molecule has 1 aliphatic carbocycles. The van der Waals surface area contributed by atoms with E-state index in [9.17, 15) is 9.59 Å². The lowest BCUT2D eigenvalue weighted by molar-refractivity contribution is -0.131. The highest BCUT2D eigenvalue weighted by atomic mass is 16.5. The molecule has 1 saturated carbocycles. The Bertz CT molecular complexity index is 692. The third-order valence-electron chi connectivity index (χ3n) is 5.96. The third kappa shape index (κ3) is 4.37. The van der Waals surface area contributed by atoms with E-state index < -0.39 is 0 Å². The molecule has 6 heteroatoms. The summed E-state index contributed by atoms with van der Waals surface area (Å²) >= 11 is 0. The molecular formula is C21H29N3O3. The molecule has 3 aliphatic rings. The monoisotopic (exact) mass is 371 g/mol. The van der Waals surface area contributed by atoms with E-state index >= 15 is 0 Å². The van der Waals surface area contributed by atoms with Crippen molar-refractivity contribution < 1.29 is 14.3 Å². The van der Waals surface area contributed by atoms with Crippen LogP contribution in [-0.4, -0.2) is 60.6 Å². The fourth-order valence-electron chi connectivity index (χ4n) is 4.31. The summed E-state index contributed by atoms with van der Waals surface area (Å²) < 4.78 is 5.52. The first-order chi connectivity index (χ1) is 13.2. The van der Waals surface area contributed by atoms with Crippen molar-refractivity contribution in [1.29, 1.82) is 0 Å². The number of hydrogen-bond donors (Lipinski definition) is 1. The lowest BCUT2D eigenvalue weighted by Crippen LogP contribution is -2.54. The highest BCUT2D eigenvalue weighted by Gasteiger charge is 2.26. The molecule has 1 saturated heterocycles. The number of rotatable bonds is 3. The van der Waals surface area contributed by atoms with E-state index in [1.54, 1.807) is 0 Å². The van der Waals surface area contributed by atoms with Gasteiger partial charge in [-0.3, -0.25) is 4.79 Å². The summed E-state index contributed by atoms with van der Waals surface area (Å²) in [7, 11) is 0. The summed E-state index contributed by atoms with van der Waals surface area (Å²) in [5.74, 6) is 1.09. The molecule has 146 valence electrons. The Labute approximate surface area is 160 Å². The Balaban J connectivity index is 1.24. The minimum absolute atomic E-state index is 0.0348. The van der Waals surface area contributed by atoms with Crippen LogP contribution in [-0.2, 0) is 17.6 Å². The molecule has 1 aromatic carbocycles. The molecule has 6 nitrogen and oxygen atoms in total. The second kappa shape index (κ2) is 8.19. The van der Waals surface area contributed by atoms with Crippen molar-refractivity contribution in [2.45, 2.75) is 51.0 Å². The number of benzene rings is 1. The predicted octanol–water partition coefficient (Wildman–Crippen LogP) is 2.35. The van der Waals surface area contributed by atoms with Gasteiger partial charge in [-0.25, -0.2) is 4.79 Å². The van der Waals surface area contributed by atoms with Crippen molar-refractivity contribution in [1.82, 2.24) is 15.1 Å². The van der Waals surface area contributed by atoms with Crippen LogP contribution < -0.4 is 10.1 Å². The van der Waals surface area contributed by atoms with Crippen LogP contribution in [0.25, 0.3) is 0 Å². The number of hydrogen-bond acceptors (Lipinski definition) is 3. The molecule has 4 rings (SSSR count). The van der Waals surface area contributed by atoms with Crippen LogP contribution in [0.15, 0.2) is 18.2 Å². The Hall–Kier alpha value is -2.24. The van der Waals surface area contributed by atoms with Gasteiger partial charge >= 0.3 is 6.03 Å². The first-order valence-corrected chi connectivity index (χ1v) is 10.3. The van der Waals surface area contributed by atoms with Gasteiger partial charge in [0.2, 0.25) is 5.91 Å². The van der Waals surface area contributed by atoms with Gasteiger partial charge in [-0.2, -0.15) is 0 Å². The molecule has 0 atom stereocenters. The summed E-state index contributed by atoms with van der Waals surface area (Å²) in [6.45, 7) is 3.19. The van der Waals surface area contributed by atoms with Gasteiger partial charge in [0.15, 0.2) is 0 Å². The van der Waals surface area contributed by atoms with Gasteiger partial charge in [0.25, 0.3) is 0 Å². The smallest absolute Gasteiger partial charge is 0.317 e. The van der Waals surface area contributed by atoms with Crippen LogP contribution in [0, 0.1) is 0 Å². The molecule has 1 aromatic rings. The minimum atomic E-state index is 0.0348. The summed E-state index contributed by atoms with van der Waals surface area (Å²) in [5, 5.41) is 3.17. The molecule has 0 spiro atoms. The zero-order valence-corrected chi connectivity index (χ0v) is 15.9. The van der Waals surface area contributed by atoms with Gasteiger partial charge < -0.3 is 19.9 Å². The molecule has 27 heavy (non-hydrogen) atoms. The first-order valence-electron chi connectivity index (χ1n) is 10.3. The number of urea groups is 1. The van der Waals surface area contributed by atoms with Crippen LogP contribution in [0.5, 0.6) is 5.75 Å². The zero-order valence-electron chi connectivity index (χ0n) is 15.9. The van der Waals surface area contributed by atoms with Gasteiger partial charge in [0, 0.05) is 38.6 Å².